The zero-order valence-corrected chi connectivity index (χ0v) is 19.7. The first kappa shape index (κ1) is 24.0. The number of aromatic nitrogens is 1. The third-order valence-corrected chi connectivity index (χ3v) is 7.56. The van der Waals surface area contributed by atoms with Crippen molar-refractivity contribution in [2.45, 2.75) is 30.1 Å². The molecule has 8 nitrogen and oxygen atoms in total. The Morgan fingerprint density at radius 1 is 1.15 bits per heavy atom. The van der Waals surface area contributed by atoms with Gasteiger partial charge in [0.05, 0.1) is 16.3 Å². The lowest BCUT2D eigenvalue weighted by Gasteiger charge is -2.31. The Morgan fingerprint density at radius 3 is 2.53 bits per heavy atom. The zero-order valence-electron chi connectivity index (χ0n) is 18.1. The molecule has 0 unspecified atom stereocenters. The minimum atomic E-state index is -3.87. The van der Waals surface area contributed by atoms with Crippen molar-refractivity contribution in [1.82, 2.24) is 9.88 Å². The Bertz CT molecular complexity index is 1300. The van der Waals surface area contributed by atoms with Gasteiger partial charge in [-0.1, -0.05) is 18.2 Å². The number of thiazole rings is 1. The highest BCUT2D eigenvalue weighted by atomic mass is 32.2. The molecule has 1 saturated heterocycles. The number of hydrogen-bond donors (Lipinski definition) is 2. The van der Waals surface area contributed by atoms with Crippen LogP contribution in [-0.4, -0.2) is 43.2 Å². The molecule has 0 aliphatic carbocycles. The third kappa shape index (κ3) is 5.85. The van der Waals surface area contributed by atoms with Crippen molar-refractivity contribution in [2.24, 2.45) is 5.14 Å². The van der Waals surface area contributed by atoms with E-state index in [9.17, 15) is 22.4 Å². The fraction of sp³-hybridized carbons (Fsp3) is 0.261. The fourth-order valence-electron chi connectivity index (χ4n) is 3.79. The summed E-state index contributed by atoms with van der Waals surface area (Å²) >= 11 is 1.39. The Kier molecular flexibility index (Phi) is 7.05. The number of hydrogen-bond acceptors (Lipinski definition) is 6. The Hall–Kier alpha value is -3.15. The lowest BCUT2D eigenvalue weighted by atomic mass is 9.97. The fourth-order valence-corrected chi connectivity index (χ4v) is 5.32. The molecule has 11 heteroatoms. The number of nitrogens with two attached hydrogens (primary N) is 1. The van der Waals surface area contributed by atoms with E-state index in [0.29, 0.717) is 18.8 Å². The number of likely N-dealkylation sites (tertiary alicyclic amines) is 1. The smallest absolute Gasteiger partial charge is 0.275 e. The molecule has 0 radical (unpaired) electrons. The maximum atomic E-state index is 13.1. The summed E-state index contributed by atoms with van der Waals surface area (Å²) in [5, 5.41) is 10.3. The van der Waals surface area contributed by atoms with Crippen LogP contribution in [0.2, 0.25) is 0 Å². The maximum Gasteiger partial charge on any atom is 0.275 e. The van der Waals surface area contributed by atoms with Crippen molar-refractivity contribution in [3.63, 3.8) is 0 Å². The van der Waals surface area contributed by atoms with Gasteiger partial charge in [0.15, 0.2) is 0 Å². The summed E-state index contributed by atoms with van der Waals surface area (Å²) in [7, 11) is -3.87. The highest BCUT2D eigenvalue weighted by Crippen LogP contribution is 2.31. The molecule has 2 heterocycles. The van der Waals surface area contributed by atoms with Gasteiger partial charge in [0.1, 0.15) is 11.5 Å². The molecule has 0 bridgehead atoms. The molecule has 1 aliphatic heterocycles. The molecule has 1 aliphatic rings. The van der Waals surface area contributed by atoms with Gasteiger partial charge in [0.25, 0.3) is 5.91 Å². The van der Waals surface area contributed by atoms with Crippen molar-refractivity contribution >= 4 is 38.9 Å². The van der Waals surface area contributed by atoms with E-state index in [4.69, 9.17) is 5.14 Å². The molecule has 3 N–H and O–H groups in total. The van der Waals surface area contributed by atoms with Crippen molar-refractivity contribution in [3.05, 3.63) is 76.0 Å². The zero-order chi connectivity index (χ0) is 24.3. The second-order valence-electron chi connectivity index (χ2n) is 8.06. The summed E-state index contributed by atoms with van der Waals surface area (Å²) in [5.74, 6) is -0.621. The molecule has 3 aromatic rings. The van der Waals surface area contributed by atoms with Crippen LogP contribution in [0.1, 0.15) is 39.8 Å². The van der Waals surface area contributed by atoms with Gasteiger partial charge in [-0.2, -0.15) is 0 Å². The minimum absolute atomic E-state index is 0.00554. The molecule has 4 rings (SSSR count). The quantitative estimate of drug-likeness (QED) is 0.536. The van der Waals surface area contributed by atoms with E-state index < -0.39 is 15.9 Å². The van der Waals surface area contributed by atoms with Crippen LogP contribution >= 0.6 is 11.3 Å². The summed E-state index contributed by atoms with van der Waals surface area (Å²) in [4.78, 5) is 31.3. The van der Waals surface area contributed by atoms with Crippen molar-refractivity contribution in [2.75, 3.05) is 18.4 Å². The summed E-state index contributed by atoms with van der Waals surface area (Å²) in [6.07, 6.45) is 1.71. The largest absolute Gasteiger partial charge is 0.342 e. The van der Waals surface area contributed by atoms with E-state index in [1.165, 1.54) is 41.7 Å². The van der Waals surface area contributed by atoms with Crippen LogP contribution in [0.15, 0.2) is 58.8 Å². The second-order valence-corrected chi connectivity index (χ2v) is 10.5. The molecule has 2 aromatic carbocycles. The van der Waals surface area contributed by atoms with Crippen LogP contribution in [0.25, 0.3) is 0 Å². The van der Waals surface area contributed by atoms with Crippen molar-refractivity contribution < 1.29 is 22.4 Å². The molecule has 0 saturated carbocycles. The van der Waals surface area contributed by atoms with Crippen LogP contribution in [0.5, 0.6) is 0 Å². The normalized spacial score (nSPS) is 14.7. The van der Waals surface area contributed by atoms with Crippen LogP contribution in [0.3, 0.4) is 0 Å². The van der Waals surface area contributed by atoms with Gasteiger partial charge in [0, 0.05) is 30.1 Å². The molecule has 1 aromatic heterocycles. The molecule has 0 spiro atoms. The number of carbonyl (C=O) groups is 2. The van der Waals surface area contributed by atoms with Gasteiger partial charge in [0.2, 0.25) is 15.9 Å². The number of carbonyl (C=O) groups excluding carboxylic acids is 2. The van der Waals surface area contributed by atoms with Gasteiger partial charge in [-0.15, -0.1) is 11.3 Å². The standard InChI is InChI=1S/C23H23FN4O4S2/c24-17-6-4-15(5-7-17)12-21(29)28-10-8-16(9-11-28)23-27-20(14-33-23)22(30)26-18-2-1-3-19(13-18)34(25,31)32/h1-7,13-14,16H,8-12H2,(H,26,30)(H2,25,31,32). The molecular weight excluding hydrogens is 479 g/mol. The number of sulfonamides is 1. The maximum absolute atomic E-state index is 13.1. The molecule has 2 amide bonds. The molecular formula is C23H23FN4O4S2. The summed E-state index contributed by atoms with van der Waals surface area (Å²) in [6, 6.07) is 11.6. The highest BCUT2D eigenvalue weighted by molar-refractivity contribution is 7.89. The number of primary sulfonamides is 1. The topological polar surface area (TPSA) is 122 Å². The van der Waals surface area contributed by atoms with E-state index in [2.05, 4.69) is 10.3 Å². The summed E-state index contributed by atoms with van der Waals surface area (Å²) in [6.45, 7) is 1.18. The number of nitrogens with zero attached hydrogens (tertiary/aromatic N) is 2. The first-order chi connectivity index (χ1) is 16.2. The van der Waals surface area contributed by atoms with Gasteiger partial charge in [-0.25, -0.2) is 22.9 Å². The third-order valence-electron chi connectivity index (χ3n) is 5.64. The van der Waals surface area contributed by atoms with Crippen molar-refractivity contribution in [3.8, 4) is 0 Å². The van der Waals surface area contributed by atoms with E-state index >= 15 is 0 Å². The lowest BCUT2D eigenvalue weighted by molar-refractivity contribution is -0.131. The first-order valence-electron chi connectivity index (χ1n) is 10.6. The predicted octanol–water partition coefficient (Wildman–Crippen LogP) is 3.13. The highest BCUT2D eigenvalue weighted by Gasteiger charge is 2.26. The molecule has 34 heavy (non-hydrogen) atoms. The van der Waals surface area contributed by atoms with Gasteiger partial charge >= 0.3 is 0 Å². The molecule has 0 atom stereocenters. The van der Waals surface area contributed by atoms with E-state index in [-0.39, 0.29) is 34.7 Å². The Labute approximate surface area is 200 Å². The first-order valence-corrected chi connectivity index (χ1v) is 13.0. The molecule has 1 fully saturated rings. The number of nitrogens with one attached hydrogen (secondary N) is 1. The van der Waals surface area contributed by atoms with Crippen LogP contribution in [0.4, 0.5) is 10.1 Å². The number of anilines is 1. The monoisotopic (exact) mass is 502 g/mol. The van der Waals surface area contributed by atoms with E-state index in [1.807, 2.05) is 0 Å². The number of amides is 2. The van der Waals surface area contributed by atoms with Crippen LogP contribution in [0, 0.1) is 5.82 Å². The number of benzene rings is 2. The summed E-state index contributed by atoms with van der Waals surface area (Å²) in [5.41, 5.74) is 1.33. The van der Waals surface area contributed by atoms with Crippen molar-refractivity contribution in [1.29, 1.82) is 0 Å². The van der Waals surface area contributed by atoms with Crippen LogP contribution < -0.4 is 10.5 Å². The minimum Gasteiger partial charge on any atom is -0.342 e. The molecule has 178 valence electrons. The van der Waals surface area contributed by atoms with Crippen LogP contribution in [-0.2, 0) is 21.2 Å². The summed E-state index contributed by atoms with van der Waals surface area (Å²) < 4.78 is 36.1. The Morgan fingerprint density at radius 2 is 1.85 bits per heavy atom. The number of rotatable bonds is 6. The average molecular weight is 503 g/mol. The lowest BCUT2D eigenvalue weighted by Crippen LogP contribution is -2.38. The predicted molar refractivity (Wildman–Crippen MR) is 127 cm³/mol. The second kappa shape index (κ2) is 10.00. The number of piperidine rings is 1. The van der Waals surface area contributed by atoms with E-state index in [0.717, 1.165) is 23.4 Å². The average Bonchev–Trinajstić information content (AvgIpc) is 3.31. The van der Waals surface area contributed by atoms with Gasteiger partial charge in [-0.3, -0.25) is 9.59 Å². The van der Waals surface area contributed by atoms with Gasteiger partial charge < -0.3 is 10.2 Å². The SMILES string of the molecule is NS(=O)(=O)c1cccc(NC(=O)c2csc(C3CCN(C(=O)Cc4ccc(F)cc4)CC3)n2)c1. The Balaban J connectivity index is 1.33. The number of halogens is 1. The van der Waals surface area contributed by atoms with E-state index in [1.54, 1.807) is 28.5 Å². The van der Waals surface area contributed by atoms with Gasteiger partial charge in [-0.05, 0) is 48.7 Å².